The van der Waals surface area contributed by atoms with Gasteiger partial charge in [0.15, 0.2) is 0 Å². The molecule has 0 bridgehead atoms. The fraction of sp³-hybridized carbons (Fsp3) is 0. The van der Waals surface area contributed by atoms with E-state index in [9.17, 15) is 0 Å². The Bertz CT molecular complexity index is 253. The van der Waals surface area contributed by atoms with Crippen LogP contribution in [0.4, 0.5) is 5.82 Å². The molecule has 0 unspecified atom stereocenters. The van der Waals surface area contributed by atoms with Gasteiger partial charge in [0.05, 0.1) is 0 Å². The van der Waals surface area contributed by atoms with Crippen molar-refractivity contribution in [3.05, 3.63) is 29.0 Å². The van der Waals surface area contributed by atoms with Gasteiger partial charge in [0.1, 0.15) is 0 Å². The third-order valence-corrected chi connectivity index (χ3v) is 0.908. The minimum absolute atomic E-state index is 0.114. The van der Waals surface area contributed by atoms with Crippen molar-refractivity contribution in [2.45, 2.75) is 0 Å². The molecule has 0 aliphatic rings. The molecular weight excluding hydrogens is 138 g/mol. The number of nitrogens with zero attached hydrogens (tertiary/aromatic N) is 3. The maximum Gasteiger partial charge on any atom is 0.317 e. The average molecular weight is 140 g/mol. The first-order valence-corrected chi connectivity index (χ1v) is 2.57. The Morgan fingerprint density at radius 1 is 1.67 bits per heavy atom. The van der Waals surface area contributed by atoms with Crippen molar-refractivity contribution in [3.8, 4) is 0 Å². The van der Waals surface area contributed by atoms with E-state index in [0.29, 0.717) is 0 Å². The van der Waals surface area contributed by atoms with E-state index in [0.717, 1.165) is 0 Å². The number of aromatic nitrogens is 2. The van der Waals surface area contributed by atoms with Gasteiger partial charge in [-0.25, -0.2) is 4.98 Å². The molecule has 0 aliphatic carbocycles. The van der Waals surface area contributed by atoms with Crippen LogP contribution in [0.2, 0.25) is 5.28 Å². The second-order valence-corrected chi connectivity index (χ2v) is 1.63. The molecule has 0 atom stereocenters. The highest BCUT2D eigenvalue weighted by molar-refractivity contribution is 6.28. The van der Waals surface area contributed by atoms with E-state index in [2.05, 4.69) is 14.8 Å². The molecule has 1 aromatic heterocycles. The van der Waals surface area contributed by atoms with Crippen molar-refractivity contribution in [3.63, 3.8) is 0 Å². The van der Waals surface area contributed by atoms with Crippen molar-refractivity contribution in [2.24, 2.45) is 0 Å². The molecule has 0 spiro atoms. The third-order valence-electron chi connectivity index (χ3n) is 0.726. The summed E-state index contributed by atoms with van der Waals surface area (Å²) in [5, 5.41) is 0.114. The van der Waals surface area contributed by atoms with E-state index < -0.39 is 0 Å². The van der Waals surface area contributed by atoms with Crippen LogP contribution < -0.4 is 0 Å². The Morgan fingerprint density at radius 2 is 2.44 bits per heavy atom. The van der Waals surface area contributed by atoms with Crippen molar-refractivity contribution < 1.29 is 0 Å². The van der Waals surface area contributed by atoms with Crippen molar-refractivity contribution in [1.82, 2.24) is 9.97 Å². The minimum atomic E-state index is 0.114. The fourth-order valence-electron chi connectivity index (χ4n) is 0.388. The third kappa shape index (κ3) is 1.37. The lowest BCUT2D eigenvalue weighted by atomic mass is 10.6. The van der Waals surface area contributed by atoms with Crippen LogP contribution in [0, 0.1) is 6.57 Å². The topological polar surface area (TPSA) is 30.1 Å². The lowest BCUT2D eigenvalue weighted by molar-refractivity contribution is 1.18. The highest BCUT2D eigenvalue weighted by Crippen LogP contribution is 2.07. The van der Waals surface area contributed by atoms with Gasteiger partial charge in [-0.05, 0) is 17.7 Å². The Hall–Kier alpha value is -1.14. The SMILES string of the molecule is [C-]#[N+]c1ccnc(Cl)n1. The van der Waals surface area contributed by atoms with Crippen LogP contribution in [0.3, 0.4) is 0 Å². The Balaban J connectivity index is 3.12. The molecule has 0 saturated heterocycles. The molecule has 0 amide bonds. The molecule has 0 aliphatic heterocycles. The average Bonchev–Trinajstić information content (AvgIpc) is 1.88. The number of halogens is 1. The van der Waals surface area contributed by atoms with Gasteiger partial charge >= 0.3 is 5.28 Å². The first-order valence-electron chi connectivity index (χ1n) is 2.19. The zero-order chi connectivity index (χ0) is 6.69. The summed E-state index contributed by atoms with van der Waals surface area (Å²) in [5.41, 5.74) is 0. The predicted octanol–water partition coefficient (Wildman–Crippen LogP) is 1.68. The highest BCUT2D eigenvalue weighted by atomic mass is 35.5. The van der Waals surface area contributed by atoms with Gasteiger partial charge in [0.2, 0.25) is 0 Å². The van der Waals surface area contributed by atoms with E-state index in [1.165, 1.54) is 12.3 Å². The molecule has 0 fully saturated rings. The molecule has 1 aromatic rings. The molecule has 0 saturated carbocycles. The zero-order valence-corrected chi connectivity index (χ0v) is 5.13. The summed E-state index contributed by atoms with van der Waals surface area (Å²) in [6.07, 6.45) is 1.45. The van der Waals surface area contributed by atoms with Gasteiger partial charge in [-0.2, -0.15) is 0 Å². The molecule has 3 nitrogen and oxygen atoms in total. The van der Waals surface area contributed by atoms with Gasteiger partial charge in [0.25, 0.3) is 5.82 Å². The van der Waals surface area contributed by atoms with Crippen molar-refractivity contribution >= 4 is 17.4 Å². The lowest BCUT2D eigenvalue weighted by Crippen LogP contribution is -1.76. The van der Waals surface area contributed by atoms with Crippen LogP contribution in [-0.2, 0) is 0 Å². The van der Waals surface area contributed by atoms with Crippen molar-refractivity contribution in [1.29, 1.82) is 0 Å². The van der Waals surface area contributed by atoms with Crippen LogP contribution >= 0.6 is 11.6 Å². The number of rotatable bonds is 0. The van der Waals surface area contributed by atoms with E-state index in [-0.39, 0.29) is 11.1 Å². The van der Waals surface area contributed by atoms with E-state index >= 15 is 0 Å². The fourth-order valence-corrected chi connectivity index (χ4v) is 0.531. The van der Waals surface area contributed by atoms with Gasteiger partial charge < -0.3 is 4.85 Å². The van der Waals surface area contributed by atoms with Gasteiger partial charge in [-0.1, -0.05) is 11.6 Å². The predicted molar refractivity (Wildman–Crippen MR) is 33.3 cm³/mol. The number of hydrogen-bond acceptors (Lipinski definition) is 2. The minimum Gasteiger partial charge on any atom is -0.360 e. The molecule has 44 valence electrons. The Morgan fingerprint density at radius 3 is 2.89 bits per heavy atom. The summed E-state index contributed by atoms with van der Waals surface area (Å²) in [5.74, 6) is 0.273. The maximum atomic E-state index is 6.52. The molecule has 0 N–H and O–H groups in total. The number of hydrogen-bond donors (Lipinski definition) is 0. The van der Waals surface area contributed by atoms with Crippen LogP contribution in [0.5, 0.6) is 0 Å². The normalized spacial score (nSPS) is 8.44. The highest BCUT2D eigenvalue weighted by Gasteiger charge is 1.94. The molecule has 1 heterocycles. The molecule has 4 heteroatoms. The summed E-state index contributed by atoms with van der Waals surface area (Å²) in [6.45, 7) is 6.52. The molecule has 1 rings (SSSR count). The van der Waals surface area contributed by atoms with Gasteiger partial charge in [-0.3, -0.25) is 0 Å². The van der Waals surface area contributed by atoms with E-state index in [1.54, 1.807) is 0 Å². The second-order valence-electron chi connectivity index (χ2n) is 1.30. The standard InChI is InChI=1S/C5H2ClN3/c1-7-4-2-3-8-5(6)9-4/h2-3H. The monoisotopic (exact) mass is 139 g/mol. The maximum absolute atomic E-state index is 6.52. The quantitative estimate of drug-likeness (QED) is 0.404. The van der Waals surface area contributed by atoms with E-state index in [1.807, 2.05) is 0 Å². The summed E-state index contributed by atoms with van der Waals surface area (Å²) in [7, 11) is 0. The summed E-state index contributed by atoms with van der Waals surface area (Å²) in [6, 6.07) is 1.50. The Labute approximate surface area is 57.1 Å². The largest absolute Gasteiger partial charge is 0.360 e. The van der Waals surface area contributed by atoms with Gasteiger partial charge in [0, 0.05) is 6.20 Å². The second kappa shape index (κ2) is 2.42. The summed E-state index contributed by atoms with van der Waals surface area (Å²) < 4.78 is 0. The molecular formula is C5H2ClN3. The first kappa shape index (κ1) is 5.99. The summed E-state index contributed by atoms with van der Waals surface area (Å²) in [4.78, 5) is 10.2. The van der Waals surface area contributed by atoms with Crippen molar-refractivity contribution in [2.75, 3.05) is 0 Å². The lowest BCUT2D eigenvalue weighted by Gasteiger charge is -1.82. The van der Waals surface area contributed by atoms with Crippen LogP contribution in [0.25, 0.3) is 4.85 Å². The Kier molecular flexibility index (Phi) is 1.61. The van der Waals surface area contributed by atoms with Crippen LogP contribution in [0.15, 0.2) is 12.3 Å². The molecule has 9 heavy (non-hydrogen) atoms. The molecule has 0 radical (unpaired) electrons. The van der Waals surface area contributed by atoms with E-state index in [4.69, 9.17) is 18.2 Å². The summed E-state index contributed by atoms with van der Waals surface area (Å²) >= 11 is 5.36. The molecule has 0 aromatic carbocycles. The zero-order valence-electron chi connectivity index (χ0n) is 4.37. The van der Waals surface area contributed by atoms with Crippen LogP contribution in [0.1, 0.15) is 0 Å². The van der Waals surface area contributed by atoms with Gasteiger partial charge in [-0.15, -0.1) is 0 Å². The van der Waals surface area contributed by atoms with Crippen LogP contribution in [-0.4, -0.2) is 9.97 Å². The smallest absolute Gasteiger partial charge is 0.317 e. The first-order chi connectivity index (χ1) is 4.33.